The number of halogens is 1. The van der Waals surface area contributed by atoms with Gasteiger partial charge < -0.3 is 15.6 Å². The monoisotopic (exact) mass is 259 g/mol. The summed E-state index contributed by atoms with van der Waals surface area (Å²) >= 11 is 0. The van der Waals surface area contributed by atoms with E-state index in [4.69, 9.17) is 10.5 Å². The number of phenolic OH excluding ortho intramolecular Hbond substituents is 1. The molecule has 3 nitrogen and oxygen atoms in total. The molecule has 3 rings (SSSR count). The van der Waals surface area contributed by atoms with Crippen molar-refractivity contribution >= 4 is 0 Å². The van der Waals surface area contributed by atoms with Gasteiger partial charge in [-0.2, -0.15) is 0 Å². The molecule has 2 unspecified atom stereocenters. The predicted octanol–water partition coefficient (Wildman–Crippen LogP) is 3.05. The lowest BCUT2D eigenvalue weighted by molar-refractivity contribution is 0.161. The molecule has 0 radical (unpaired) electrons. The largest absolute Gasteiger partial charge is 0.505 e. The minimum atomic E-state index is -0.645. The number of hydrogen-bond acceptors (Lipinski definition) is 3. The Balaban J connectivity index is 1.94. The van der Waals surface area contributed by atoms with Crippen LogP contribution >= 0.6 is 0 Å². The summed E-state index contributed by atoms with van der Waals surface area (Å²) in [6.45, 7) is 0. The maximum Gasteiger partial charge on any atom is 0.165 e. The van der Waals surface area contributed by atoms with Crippen molar-refractivity contribution in [2.24, 2.45) is 5.73 Å². The zero-order valence-electron chi connectivity index (χ0n) is 10.2. The number of fused-ring (bicyclic) bond motifs is 1. The molecule has 0 bridgehead atoms. The summed E-state index contributed by atoms with van der Waals surface area (Å²) in [5.74, 6) is -0.266. The first-order valence-corrected chi connectivity index (χ1v) is 6.14. The lowest BCUT2D eigenvalue weighted by Crippen LogP contribution is -2.24. The molecular formula is C15H14FNO2. The Morgan fingerprint density at radius 1 is 1.21 bits per heavy atom. The molecule has 1 aliphatic heterocycles. The maximum absolute atomic E-state index is 13.4. The molecule has 3 N–H and O–H groups in total. The number of ether oxygens (including phenoxy) is 1. The van der Waals surface area contributed by atoms with E-state index in [0.29, 0.717) is 12.0 Å². The Morgan fingerprint density at radius 3 is 2.79 bits per heavy atom. The van der Waals surface area contributed by atoms with Gasteiger partial charge in [-0.3, -0.25) is 0 Å². The number of benzene rings is 2. The molecule has 2 aromatic carbocycles. The van der Waals surface area contributed by atoms with Crippen LogP contribution in [0.3, 0.4) is 0 Å². The van der Waals surface area contributed by atoms with Crippen LogP contribution in [0.5, 0.6) is 11.5 Å². The molecule has 98 valence electrons. The van der Waals surface area contributed by atoms with Crippen LogP contribution in [0.1, 0.15) is 29.7 Å². The van der Waals surface area contributed by atoms with Gasteiger partial charge >= 0.3 is 0 Å². The normalized spacial score (nSPS) is 21.6. The van der Waals surface area contributed by atoms with Crippen LogP contribution in [0, 0.1) is 5.82 Å². The molecule has 0 fully saturated rings. The minimum Gasteiger partial charge on any atom is -0.505 e. The third-order valence-corrected chi connectivity index (χ3v) is 3.40. The van der Waals surface area contributed by atoms with Gasteiger partial charge in [-0.15, -0.1) is 0 Å². The number of aromatic hydroxyl groups is 1. The number of hydrogen-bond donors (Lipinski definition) is 2. The fraction of sp³-hybridized carbons (Fsp3) is 0.200. The summed E-state index contributed by atoms with van der Waals surface area (Å²) in [4.78, 5) is 0. The second-order valence-corrected chi connectivity index (χ2v) is 4.70. The highest BCUT2D eigenvalue weighted by Gasteiger charge is 2.27. The van der Waals surface area contributed by atoms with E-state index in [1.807, 2.05) is 24.3 Å². The van der Waals surface area contributed by atoms with E-state index in [9.17, 15) is 9.50 Å². The Morgan fingerprint density at radius 2 is 2.00 bits per heavy atom. The standard InChI is InChI=1S/C15H14FNO2/c16-11-7-9(5-6-13(11)18)15-8-12(17)10-3-1-2-4-14(10)19-15/h1-7,12,15,18H,8,17H2. The summed E-state index contributed by atoms with van der Waals surface area (Å²) in [6.07, 6.45) is 0.293. The van der Waals surface area contributed by atoms with Gasteiger partial charge in [0.25, 0.3) is 0 Å². The average Bonchev–Trinajstić information content (AvgIpc) is 2.42. The van der Waals surface area contributed by atoms with E-state index < -0.39 is 5.82 Å². The van der Waals surface area contributed by atoms with E-state index in [-0.39, 0.29) is 17.9 Å². The molecule has 0 aliphatic carbocycles. The zero-order valence-corrected chi connectivity index (χ0v) is 10.2. The topological polar surface area (TPSA) is 55.5 Å². The van der Waals surface area contributed by atoms with Crippen molar-refractivity contribution in [1.82, 2.24) is 0 Å². The smallest absolute Gasteiger partial charge is 0.165 e. The second-order valence-electron chi connectivity index (χ2n) is 4.70. The third-order valence-electron chi connectivity index (χ3n) is 3.40. The number of phenols is 1. The summed E-state index contributed by atoms with van der Waals surface area (Å²) in [7, 11) is 0. The van der Waals surface area contributed by atoms with E-state index in [1.165, 1.54) is 12.1 Å². The number of rotatable bonds is 1. The van der Waals surface area contributed by atoms with Gasteiger partial charge in [0.05, 0.1) is 0 Å². The Hall–Kier alpha value is -2.07. The van der Waals surface area contributed by atoms with Crippen molar-refractivity contribution in [3.63, 3.8) is 0 Å². The van der Waals surface area contributed by atoms with Gasteiger partial charge in [-0.25, -0.2) is 4.39 Å². The highest BCUT2D eigenvalue weighted by atomic mass is 19.1. The first kappa shape index (κ1) is 12.0. The summed E-state index contributed by atoms with van der Waals surface area (Å²) in [5.41, 5.74) is 7.77. The second kappa shape index (κ2) is 4.55. The number of para-hydroxylation sites is 1. The van der Waals surface area contributed by atoms with Gasteiger partial charge in [-0.05, 0) is 23.8 Å². The van der Waals surface area contributed by atoms with E-state index in [2.05, 4.69) is 0 Å². The summed E-state index contributed by atoms with van der Waals surface area (Å²) in [5, 5.41) is 9.21. The Bertz CT molecular complexity index is 615. The first-order chi connectivity index (χ1) is 9.15. The molecule has 0 spiro atoms. The van der Waals surface area contributed by atoms with E-state index >= 15 is 0 Å². The van der Waals surface area contributed by atoms with Crippen molar-refractivity contribution in [2.45, 2.75) is 18.6 Å². The van der Waals surface area contributed by atoms with Gasteiger partial charge in [0.1, 0.15) is 11.9 Å². The van der Waals surface area contributed by atoms with Crippen LogP contribution < -0.4 is 10.5 Å². The molecule has 19 heavy (non-hydrogen) atoms. The molecule has 1 heterocycles. The first-order valence-electron chi connectivity index (χ1n) is 6.14. The molecule has 0 saturated carbocycles. The van der Waals surface area contributed by atoms with Gasteiger partial charge in [-0.1, -0.05) is 24.3 Å². The molecule has 2 atom stereocenters. The lowest BCUT2D eigenvalue weighted by Gasteiger charge is -2.30. The van der Waals surface area contributed by atoms with Crippen LogP contribution in [0.2, 0.25) is 0 Å². The third kappa shape index (κ3) is 2.15. The van der Waals surface area contributed by atoms with Crippen molar-refractivity contribution in [3.05, 3.63) is 59.4 Å². The van der Waals surface area contributed by atoms with Crippen molar-refractivity contribution in [2.75, 3.05) is 0 Å². The Kier molecular flexibility index (Phi) is 2.87. The molecule has 0 amide bonds. The lowest BCUT2D eigenvalue weighted by atomic mass is 9.93. The summed E-state index contributed by atoms with van der Waals surface area (Å²) < 4.78 is 19.2. The highest BCUT2D eigenvalue weighted by Crippen LogP contribution is 2.39. The molecule has 4 heteroatoms. The number of nitrogens with two attached hydrogens (primary N) is 1. The molecule has 0 aromatic heterocycles. The zero-order chi connectivity index (χ0) is 13.4. The van der Waals surface area contributed by atoms with E-state index in [1.54, 1.807) is 6.07 Å². The Labute approximate surface area is 110 Å². The van der Waals surface area contributed by atoms with E-state index in [0.717, 1.165) is 11.3 Å². The fourth-order valence-electron chi connectivity index (χ4n) is 2.38. The molecule has 0 saturated heterocycles. The van der Waals surface area contributed by atoms with Crippen molar-refractivity contribution < 1.29 is 14.2 Å². The fourth-order valence-corrected chi connectivity index (χ4v) is 2.38. The minimum absolute atomic E-state index is 0.133. The van der Waals surface area contributed by atoms with Crippen molar-refractivity contribution in [3.8, 4) is 11.5 Å². The molecular weight excluding hydrogens is 245 g/mol. The van der Waals surface area contributed by atoms with Gasteiger partial charge in [0.15, 0.2) is 11.6 Å². The molecule has 2 aromatic rings. The van der Waals surface area contributed by atoms with Crippen LogP contribution in [0.4, 0.5) is 4.39 Å². The predicted molar refractivity (Wildman–Crippen MR) is 69.4 cm³/mol. The van der Waals surface area contributed by atoms with Crippen molar-refractivity contribution in [1.29, 1.82) is 0 Å². The molecule has 1 aliphatic rings. The van der Waals surface area contributed by atoms with Crippen LogP contribution in [0.25, 0.3) is 0 Å². The maximum atomic E-state index is 13.4. The van der Waals surface area contributed by atoms with Crippen LogP contribution in [0.15, 0.2) is 42.5 Å². The average molecular weight is 259 g/mol. The SMILES string of the molecule is NC1CC(c2ccc(O)c(F)c2)Oc2ccccc21. The van der Waals surface area contributed by atoms with Crippen LogP contribution in [-0.4, -0.2) is 5.11 Å². The highest BCUT2D eigenvalue weighted by molar-refractivity contribution is 5.39. The van der Waals surface area contributed by atoms with Crippen LogP contribution in [-0.2, 0) is 0 Å². The van der Waals surface area contributed by atoms with Gasteiger partial charge in [0.2, 0.25) is 0 Å². The summed E-state index contributed by atoms with van der Waals surface area (Å²) in [6, 6.07) is 11.7. The van der Waals surface area contributed by atoms with Gasteiger partial charge in [0, 0.05) is 18.0 Å². The quantitative estimate of drug-likeness (QED) is 0.827.